The van der Waals surface area contributed by atoms with Gasteiger partial charge in [0.25, 0.3) is 5.91 Å². The molecule has 3 N–H and O–H groups in total. The van der Waals surface area contributed by atoms with E-state index in [0.717, 1.165) is 29.2 Å². The summed E-state index contributed by atoms with van der Waals surface area (Å²) in [6, 6.07) is -0.0592. The van der Waals surface area contributed by atoms with Crippen LogP contribution in [0, 0.1) is 23.7 Å². The second-order valence-corrected chi connectivity index (χ2v) is 9.85. The summed E-state index contributed by atoms with van der Waals surface area (Å²) in [5.74, 6) is 3.05. The van der Waals surface area contributed by atoms with E-state index in [9.17, 15) is 4.79 Å². The molecule has 24 heavy (non-hydrogen) atoms. The third-order valence-electron chi connectivity index (χ3n) is 6.21. The van der Waals surface area contributed by atoms with E-state index in [-0.39, 0.29) is 17.5 Å². The first kappa shape index (κ1) is 16.5. The van der Waals surface area contributed by atoms with Gasteiger partial charge in [-0.05, 0) is 68.6 Å². The smallest absolute Gasteiger partial charge is 0.271 e. The van der Waals surface area contributed by atoms with Gasteiger partial charge in [-0.2, -0.15) is 0 Å². The number of carbonyl (C=O) groups excluding carboxylic acids is 1. The molecule has 4 bridgehead atoms. The molecule has 4 aliphatic carbocycles. The van der Waals surface area contributed by atoms with Crippen molar-refractivity contribution in [1.82, 2.24) is 10.3 Å². The highest BCUT2D eigenvalue weighted by Gasteiger charge is 2.51. The summed E-state index contributed by atoms with van der Waals surface area (Å²) in [6.07, 6.45) is 8.60. The van der Waals surface area contributed by atoms with Crippen LogP contribution < -0.4 is 11.1 Å². The van der Waals surface area contributed by atoms with Crippen LogP contribution in [-0.2, 0) is 0 Å². The Morgan fingerprint density at radius 2 is 1.88 bits per heavy atom. The van der Waals surface area contributed by atoms with E-state index >= 15 is 0 Å². The topological polar surface area (TPSA) is 68.0 Å². The predicted molar refractivity (Wildman–Crippen MR) is 96.9 cm³/mol. The Labute approximate surface area is 148 Å². The molecule has 1 aromatic rings. The molecule has 4 saturated carbocycles. The van der Waals surface area contributed by atoms with E-state index in [0.29, 0.717) is 11.6 Å². The summed E-state index contributed by atoms with van der Waals surface area (Å²) in [5.41, 5.74) is 6.82. The Bertz CT molecular complexity index is 589. The van der Waals surface area contributed by atoms with Crippen molar-refractivity contribution < 1.29 is 4.79 Å². The number of hydrogen-bond acceptors (Lipinski definition) is 4. The van der Waals surface area contributed by atoms with Crippen LogP contribution in [0.5, 0.6) is 0 Å². The molecule has 4 fully saturated rings. The molecule has 4 nitrogen and oxygen atoms in total. The van der Waals surface area contributed by atoms with Crippen molar-refractivity contribution in [2.75, 3.05) is 0 Å². The van der Waals surface area contributed by atoms with E-state index in [2.05, 4.69) is 24.1 Å². The van der Waals surface area contributed by atoms with E-state index in [1.807, 2.05) is 5.38 Å². The Balaban J connectivity index is 1.44. The van der Waals surface area contributed by atoms with Crippen LogP contribution in [0.4, 0.5) is 0 Å². The number of carbonyl (C=O) groups is 1. The minimum Gasteiger partial charge on any atom is -0.345 e. The lowest BCUT2D eigenvalue weighted by Gasteiger charge is -2.56. The Morgan fingerprint density at radius 3 is 2.42 bits per heavy atom. The summed E-state index contributed by atoms with van der Waals surface area (Å²) in [7, 11) is 0. The average molecular weight is 348 g/mol. The van der Waals surface area contributed by atoms with Crippen molar-refractivity contribution in [3.05, 3.63) is 16.1 Å². The Morgan fingerprint density at radius 1 is 1.29 bits per heavy atom. The molecule has 1 amide bonds. The molecule has 0 radical (unpaired) electrons. The van der Waals surface area contributed by atoms with Crippen molar-refractivity contribution in [2.24, 2.45) is 29.4 Å². The molecule has 1 aromatic heterocycles. The summed E-state index contributed by atoms with van der Waals surface area (Å²) >= 11 is 1.52. The van der Waals surface area contributed by atoms with Crippen molar-refractivity contribution in [1.29, 1.82) is 0 Å². The second kappa shape index (κ2) is 6.10. The highest BCUT2D eigenvalue weighted by molar-refractivity contribution is 7.09. The maximum atomic E-state index is 12.8. The average Bonchev–Trinajstić information content (AvgIpc) is 2.94. The predicted octanol–water partition coefficient (Wildman–Crippen LogP) is 3.89. The third kappa shape index (κ3) is 3.13. The van der Waals surface area contributed by atoms with Gasteiger partial charge in [-0.1, -0.05) is 13.8 Å². The highest BCUT2D eigenvalue weighted by atomic mass is 32.1. The number of hydrogen-bond donors (Lipinski definition) is 2. The van der Waals surface area contributed by atoms with Gasteiger partial charge in [0, 0.05) is 10.9 Å². The van der Waals surface area contributed by atoms with Crippen molar-refractivity contribution in [3.8, 4) is 0 Å². The van der Waals surface area contributed by atoms with Crippen molar-refractivity contribution in [3.63, 3.8) is 0 Å². The molecule has 4 aliphatic rings. The molecule has 0 saturated heterocycles. The lowest BCUT2D eigenvalue weighted by atomic mass is 9.53. The van der Waals surface area contributed by atoms with Crippen molar-refractivity contribution in [2.45, 2.75) is 70.4 Å². The molecular formula is C19H29N3OS. The minimum absolute atomic E-state index is 0.0104. The van der Waals surface area contributed by atoms with Gasteiger partial charge >= 0.3 is 0 Å². The number of rotatable bonds is 5. The van der Waals surface area contributed by atoms with E-state index in [4.69, 9.17) is 5.73 Å². The van der Waals surface area contributed by atoms with Gasteiger partial charge in [0.1, 0.15) is 10.7 Å². The lowest BCUT2D eigenvalue weighted by Crippen LogP contribution is -2.59. The first-order chi connectivity index (χ1) is 11.4. The number of aromatic nitrogens is 1. The molecule has 0 aromatic carbocycles. The molecule has 0 aliphatic heterocycles. The lowest BCUT2D eigenvalue weighted by molar-refractivity contribution is -0.0167. The molecular weight excluding hydrogens is 318 g/mol. The molecule has 5 heteroatoms. The van der Waals surface area contributed by atoms with Gasteiger partial charge in [-0.25, -0.2) is 4.98 Å². The monoisotopic (exact) mass is 347 g/mol. The number of nitrogens with two attached hydrogens (primary N) is 1. The second-order valence-electron chi connectivity index (χ2n) is 8.96. The molecule has 132 valence electrons. The van der Waals surface area contributed by atoms with Gasteiger partial charge < -0.3 is 11.1 Å². The number of amides is 1. The van der Waals surface area contributed by atoms with Crippen LogP contribution in [-0.4, -0.2) is 16.4 Å². The fourth-order valence-corrected chi connectivity index (χ4v) is 6.55. The van der Waals surface area contributed by atoms with Gasteiger partial charge in [-0.3, -0.25) is 4.79 Å². The number of thiazole rings is 1. The Kier molecular flexibility index (Phi) is 4.20. The van der Waals surface area contributed by atoms with Gasteiger partial charge in [-0.15, -0.1) is 11.3 Å². The zero-order valence-electron chi connectivity index (χ0n) is 14.8. The summed E-state index contributed by atoms with van der Waals surface area (Å²) < 4.78 is 0. The standard InChI is InChI=1S/C19H29N3OS/c1-11(2)3-15(20)18-21-16(10-24-18)17(23)22-19-7-12-4-13(8-19)6-14(5-12)9-19/h10-15H,3-9,20H2,1-2H3,(H,22,23). The maximum Gasteiger partial charge on any atom is 0.271 e. The van der Waals surface area contributed by atoms with Crippen LogP contribution in [0.3, 0.4) is 0 Å². The quantitative estimate of drug-likeness (QED) is 0.849. The van der Waals surface area contributed by atoms with Gasteiger partial charge in [0.2, 0.25) is 0 Å². The first-order valence-corrected chi connectivity index (χ1v) is 10.3. The van der Waals surface area contributed by atoms with Gasteiger partial charge in [0.15, 0.2) is 0 Å². The SMILES string of the molecule is CC(C)CC(N)c1nc(C(=O)NC23CC4CC(CC(C4)C2)C3)cs1. The summed E-state index contributed by atoms with van der Waals surface area (Å²) in [6.45, 7) is 4.32. The molecule has 5 rings (SSSR count). The number of nitrogens with zero attached hydrogens (tertiary/aromatic N) is 1. The third-order valence-corrected chi connectivity index (χ3v) is 7.19. The molecule has 1 atom stereocenters. The molecule has 1 heterocycles. The molecule has 1 unspecified atom stereocenters. The van der Waals surface area contributed by atoms with E-state index < -0.39 is 0 Å². The normalized spacial score (nSPS) is 35.4. The van der Waals surface area contributed by atoms with Crippen LogP contribution in [0.15, 0.2) is 5.38 Å². The van der Waals surface area contributed by atoms with E-state index in [1.54, 1.807) is 0 Å². The largest absolute Gasteiger partial charge is 0.345 e. The summed E-state index contributed by atoms with van der Waals surface area (Å²) in [5, 5.41) is 6.17. The first-order valence-electron chi connectivity index (χ1n) is 9.46. The fourth-order valence-electron chi connectivity index (χ4n) is 5.74. The van der Waals surface area contributed by atoms with Crippen LogP contribution in [0.1, 0.15) is 80.3 Å². The Hall–Kier alpha value is -0.940. The minimum atomic E-state index is -0.0592. The zero-order chi connectivity index (χ0) is 16.9. The van der Waals surface area contributed by atoms with E-state index in [1.165, 1.54) is 49.9 Å². The number of nitrogens with one attached hydrogen (secondary N) is 1. The van der Waals surface area contributed by atoms with Gasteiger partial charge in [0.05, 0.1) is 6.04 Å². The molecule has 0 spiro atoms. The van der Waals surface area contributed by atoms with Crippen molar-refractivity contribution >= 4 is 17.2 Å². The highest BCUT2D eigenvalue weighted by Crippen LogP contribution is 2.55. The maximum absolute atomic E-state index is 12.8. The fraction of sp³-hybridized carbons (Fsp3) is 0.789. The van der Waals surface area contributed by atoms with Crippen LogP contribution in [0.2, 0.25) is 0 Å². The van der Waals surface area contributed by atoms with Crippen LogP contribution >= 0.6 is 11.3 Å². The summed E-state index contributed by atoms with van der Waals surface area (Å²) in [4.78, 5) is 17.3. The zero-order valence-corrected chi connectivity index (χ0v) is 15.6. The van der Waals surface area contributed by atoms with Crippen LogP contribution in [0.25, 0.3) is 0 Å².